The second kappa shape index (κ2) is 3.72. The molecule has 3 nitrogen and oxygen atoms in total. The zero-order valence-electron chi connectivity index (χ0n) is 7.17. The van der Waals surface area contributed by atoms with Crippen LogP contribution in [0.1, 0.15) is 13.3 Å². The third-order valence-electron chi connectivity index (χ3n) is 2.13. The van der Waals surface area contributed by atoms with Gasteiger partial charge in [0.2, 0.25) is 5.91 Å². The number of hydrogen-bond acceptors (Lipinski definition) is 2. The van der Waals surface area contributed by atoms with Gasteiger partial charge in [0.25, 0.3) is 0 Å². The van der Waals surface area contributed by atoms with Crippen molar-refractivity contribution in [1.29, 1.82) is 0 Å². The maximum Gasteiger partial charge on any atom is 0.227 e. The highest BCUT2D eigenvalue weighted by Gasteiger charge is 2.25. The van der Waals surface area contributed by atoms with E-state index in [1.54, 1.807) is 4.90 Å². The molecule has 1 heterocycles. The summed E-state index contributed by atoms with van der Waals surface area (Å²) in [5, 5.41) is 0. The van der Waals surface area contributed by atoms with Gasteiger partial charge in [-0.3, -0.25) is 4.79 Å². The fourth-order valence-corrected chi connectivity index (χ4v) is 1.20. The van der Waals surface area contributed by atoms with E-state index in [0.717, 1.165) is 19.6 Å². The summed E-state index contributed by atoms with van der Waals surface area (Å²) >= 11 is 0. The van der Waals surface area contributed by atoms with Crippen molar-refractivity contribution in [2.45, 2.75) is 13.3 Å². The van der Waals surface area contributed by atoms with Crippen molar-refractivity contribution in [3.8, 4) is 0 Å². The van der Waals surface area contributed by atoms with Crippen molar-refractivity contribution in [1.82, 2.24) is 4.90 Å². The molecule has 0 aromatic heterocycles. The molecule has 1 aliphatic heterocycles. The minimum atomic E-state index is 0.125. The fourth-order valence-electron chi connectivity index (χ4n) is 1.20. The number of carbonyl (C=O) groups is 1. The Labute approximate surface area is 67.3 Å². The van der Waals surface area contributed by atoms with Crippen LogP contribution in [0.2, 0.25) is 0 Å². The molecule has 11 heavy (non-hydrogen) atoms. The van der Waals surface area contributed by atoms with Crippen LogP contribution >= 0.6 is 0 Å². The lowest BCUT2D eigenvalue weighted by molar-refractivity contribution is -0.133. The van der Waals surface area contributed by atoms with Crippen LogP contribution in [0.4, 0.5) is 0 Å². The van der Waals surface area contributed by atoms with Crippen LogP contribution in [0.25, 0.3) is 0 Å². The molecule has 0 aromatic rings. The molecule has 1 atom stereocenters. The smallest absolute Gasteiger partial charge is 0.227 e. The number of carbonyl (C=O) groups excluding carboxylic acids is 1. The Hall–Kier alpha value is -0.570. The van der Waals surface area contributed by atoms with Gasteiger partial charge in [-0.1, -0.05) is 0 Å². The maximum absolute atomic E-state index is 11.4. The molecular weight excluding hydrogens is 142 g/mol. The van der Waals surface area contributed by atoms with Gasteiger partial charge in [-0.2, -0.15) is 0 Å². The van der Waals surface area contributed by atoms with Gasteiger partial charge in [-0.15, -0.1) is 0 Å². The van der Waals surface area contributed by atoms with Crippen LogP contribution in [0.5, 0.6) is 0 Å². The Balaban J connectivity index is 2.39. The first-order chi connectivity index (χ1) is 5.25. The summed E-state index contributed by atoms with van der Waals surface area (Å²) in [6.45, 7) is 4.13. The molecule has 0 aromatic carbocycles. The van der Waals surface area contributed by atoms with Crippen LogP contribution in [0.15, 0.2) is 0 Å². The summed E-state index contributed by atoms with van der Waals surface area (Å²) in [4.78, 5) is 13.2. The van der Waals surface area contributed by atoms with E-state index in [4.69, 9.17) is 4.74 Å². The molecule has 3 heteroatoms. The van der Waals surface area contributed by atoms with Crippen molar-refractivity contribution in [2.24, 2.45) is 5.92 Å². The Bertz CT molecular complexity index is 141. The number of amides is 1. The topological polar surface area (TPSA) is 29.5 Å². The first kappa shape index (κ1) is 8.53. The number of nitrogens with zero attached hydrogens (tertiary/aromatic N) is 1. The first-order valence-electron chi connectivity index (χ1n) is 4.08. The summed E-state index contributed by atoms with van der Waals surface area (Å²) in [5.41, 5.74) is 0. The van der Waals surface area contributed by atoms with Gasteiger partial charge in [0, 0.05) is 20.2 Å². The van der Waals surface area contributed by atoms with Gasteiger partial charge >= 0.3 is 0 Å². The molecule has 64 valence electrons. The number of hydrogen-bond donors (Lipinski definition) is 0. The number of rotatable bonds is 2. The van der Waals surface area contributed by atoms with Gasteiger partial charge in [0.05, 0.1) is 12.5 Å². The summed E-state index contributed by atoms with van der Waals surface area (Å²) in [5.74, 6) is 0.352. The minimum absolute atomic E-state index is 0.125. The highest BCUT2D eigenvalue weighted by Crippen LogP contribution is 2.14. The largest absolute Gasteiger partial charge is 0.381 e. The van der Waals surface area contributed by atoms with E-state index in [1.807, 2.05) is 14.0 Å². The van der Waals surface area contributed by atoms with Crippen molar-refractivity contribution in [3.63, 3.8) is 0 Å². The van der Waals surface area contributed by atoms with E-state index >= 15 is 0 Å². The van der Waals surface area contributed by atoms with Crippen LogP contribution in [0, 0.1) is 5.92 Å². The van der Waals surface area contributed by atoms with Crippen LogP contribution in [0.3, 0.4) is 0 Å². The molecule has 1 rings (SSSR count). The average molecular weight is 157 g/mol. The Kier molecular flexibility index (Phi) is 2.88. The fraction of sp³-hybridized carbons (Fsp3) is 0.875. The molecule has 1 saturated heterocycles. The predicted octanol–water partition coefficient (Wildman–Crippen LogP) is 0.501. The first-order valence-corrected chi connectivity index (χ1v) is 4.08. The van der Waals surface area contributed by atoms with Gasteiger partial charge in [0.15, 0.2) is 0 Å². The van der Waals surface area contributed by atoms with E-state index in [9.17, 15) is 4.79 Å². The van der Waals surface area contributed by atoms with Crippen molar-refractivity contribution < 1.29 is 9.53 Å². The third-order valence-corrected chi connectivity index (χ3v) is 2.13. The monoisotopic (exact) mass is 157 g/mol. The van der Waals surface area contributed by atoms with Crippen molar-refractivity contribution in [3.05, 3.63) is 0 Å². The molecule has 0 spiro atoms. The van der Waals surface area contributed by atoms with Crippen molar-refractivity contribution >= 4 is 5.91 Å². The quantitative estimate of drug-likeness (QED) is 0.584. The molecule has 0 radical (unpaired) electrons. The molecule has 0 bridgehead atoms. The lowest BCUT2D eigenvalue weighted by Crippen LogP contribution is -2.32. The summed E-state index contributed by atoms with van der Waals surface area (Å²) < 4.78 is 5.13. The number of ether oxygens (including phenoxy) is 1. The van der Waals surface area contributed by atoms with Gasteiger partial charge in [-0.25, -0.2) is 0 Å². The molecule has 1 aliphatic rings. The van der Waals surface area contributed by atoms with Crippen LogP contribution < -0.4 is 0 Å². The highest BCUT2D eigenvalue weighted by molar-refractivity contribution is 5.78. The third kappa shape index (κ3) is 1.93. The summed E-state index contributed by atoms with van der Waals surface area (Å²) in [6, 6.07) is 0. The highest BCUT2D eigenvalue weighted by atomic mass is 16.5. The maximum atomic E-state index is 11.4. The second-order valence-corrected chi connectivity index (χ2v) is 2.91. The van der Waals surface area contributed by atoms with E-state index in [1.165, 1.54) is 0 Å². The van der Waals surface area contributed by atoms with Gasteiger partial charge in [0.1, 0.15) is 0 Å². The second-order valence-electron chi connectivity index (χ2n) is 2.91. The average Bonchev–Trinajstić information content (AvgIpc) is 2.53. The molecule has 1 unspecified atom stereocenters. The molecule has 1 fully saturated rings. The Morgan fingerprint density at radius 2 is 2.45 bits per heavy atom. The van der Waals surface area contributed by atoms with Crippen LogP contribution in [-0.2, 0) is 9.53 Å². The van der Waals surface area contributed by atoms with Gasteiger partial charge in [-0.05, 0) is 13.3 Å². The minimum Gasteiger partial charge on any atom is -0.381 e. The van der Waals surface area contributed by atoms with Crippen molar-refractivity contribution in [2.75, 3.05) is 26.8 Å². The molecule has 0 N–H and O–H groups in total. The Morgan fingerprint density at radius 1 is 1.73 bits per heavy atom. The predicted molar refractivity (Wildman–Crippen MR) is 42.2 cm³/mol. The summed E-state index contributed by atoms with van der Waals surface area (Å²) in [6.07, 6.45) is 0.892. The summed E-state index contributed by atoms with van der Waals surface area (Å²) in [7, 11) is 1.83. The lowest BCUT2D eigenvalue weighted by Gasteiger charge is -2.17. The molecule has 1 amide bonds. The normalized spacial score (nSPS) is 23.6. The van der Waals surface area contributed by atoms with E-state index in [-0.39, 0.29) is 11.8 Å². The molecular formula is C8H15NO2. The van der Waals surface area contributed by atoms with Gasteiger partial charge < -0.3 is 9.64 Å². The molecule has 0 aliphatic carbocycles. The van der Waals surface area contributed by atoms with E-state index < -0.39 is 0 Å². The van der Waals surface area contributed by atoms with Crippen LogP contribution in [-0.4, -0.2) is 37.6 Å². The van der Waals surface area contributed by atoms with E-state index in [0.29, 0.717) is 6.61 Å². The standard InChI is InChI=1S/C8H15NO2/c1-3-9(2)8(10)7-4-5-11-6-7/h7H,3-6H2,1-2H3. The molecule has 0 saturated carbocycles. The zero-order valence-corrected chi connectivity index (χ0v) is 7.17. The Morgan fingerprint density at radius 3 is 2.91 bits per heavy atom. The zero-order chi connectivity index (χ0) is 8.27. The SMILES string of the molecule is CCN(C)C(=O)C1CCOC1. The van der Waals surface area contributed by atoms with E-state index in [2.05, 4.69) is 0 Å². The lowest BCUT2D eigenvalue weighted by atomic mass is 10.1.